The average Bonchev–Trinajstić information content (AvgIpc) is 3.21. The summed E-state index contributed by atoms with van der Waals surface area (Å²) in [5.41, 5.74) is 6.56. The SMILES string of the molecule is Cc1ccc(S(=O)(=O)NC2CC2)cc1C(=O)N[C@@H](C)CN. The van der Waals surface area contributed by atoms with Crippen LogP contribution in [0.1, 0.15) is 35.7 Å². The number of amides is 1. The van der Waals surface area contributed by atoms with Gasteiger partial charge in [0, 0.05) is 24.2 Å². The first kappa shape index (κ1) is 15.9. The van der Waals surface area contributed by atoms with Crippen LogP contribution < -0.4 is 15.8 Å². The van der Waals surface area contributed by atoms with E-state index in [4.69, 9.17) is 5.73 Å². The molecule has 0 spiro atoms. The fourth-order valence-corrected chi connectivity index (χ4v) is 3.19. The standard InChI is InChI=1S/C14H21N3O3S/c1-9-3-6-12(21(19,20)17-11-4-5-11)7-13(9)14(18)16-10(2)8-15/h3,6-7,10-11,17H,4-5,8,15H2,1-2H3,(H,16,18)/t10-/m0/s1. The molecule has 0 aromatic heterocycles. The Bertz CT molecular complexity index is 639. The Balaban J connectivity index is 2.26. The van der Waals surface area contributed by atoms with Crippen molar-refractivity contribution in [2.24, 2.45) is 5.73 Å². The number of sulfonamides is 1. The van der Waals surface area contributed by atoms with Gasteiger partial charge in [-0.25, -0.2) is 13.1 Å². The van der Waals surface area contributed by atoms with E-state index in [0.29, 0.717) is 12.1 Å². The fraction of sp³-hybridized carbons (Fsp3) is 0.500. The summed E-state index contributed by atoms with van der Waals surface area (Å²) in [5.74, 6) is -0.311. The Morgan fingerprint density at radius 3 is 2.67 bits per heavy atom. The van der Waals surface area contributed by atoms with Crippen molar-refractivity contribution >= 4 is 15.9 Å². The van der Waals surface area contributed by atoms with E-state index in [-0.39, 0.29) is 22.9 Å². The van der Waals surface area contributed by atoms with Crippen LogP contribution in [0.25, 0.3) is 0 Å². The summed E-state index contributed by atoms with van der Waals surface area (Å²) in [5, 5.41) is 2.74. The zero-order valence-corrected chi connectivity index (χ0v) is 13.0. The van der Waals surface area contributed by atoms with Crippen molar-refractivity contribution in [1.29, 1.82) is 0 Å². The monoisotopic (exact) mass is 311 g/mol. The van der Waals surface area contributed by atoms with E-state index in [9.17, 15) is 13.2 Å². The quantitative estimate of drug-likeness (QED) is 0.712. The molecule has 1 aromatic rings. The van der Waals surface area contributed by atoms with Crippen molar-refractivity contribution in [3.63, 3.8) is 0 Å². The van der Waals surface area contributed by atoms with Gasteiger partial charge < -0.3 is 11.1 Å². The number of carbonyl (C=O) groups excluding carboxylic acids is 1. The van der Waals surface area contributed by atoms with Crippen LogP contribution in [0, 0.1) is 6.92 Å². The van der Waals surface area contributed by atoms with Crippen molar-refractivity contribution in [2.75, 3.05) is 6.54 Å². The summed E-state index contributed by atoms with van der Waals surface area (Å²) in [6, 6.07) is 4.44. The molecule has 6 nitrogen and oxygen atoms in total. The van der Waals surface area contributed by atoms with Gasteiger partial charge in [-0.1, -0.05) is 6.07 Å². The zero-order valence-electron chi connectivity index (χ0n) is 12.2. The van der Waals surface area contributed by atoms with Crippen molar-refractivity contribution in [1.82, 2.24) is 10.0 Å². The molecule has 116 valence electrons. The van der Waals surface area contributed by atoms with Crippen molar-refractivity contribution in [3.8, 4) is 0 Å². The molecule has 0 saturated heterocycles. The van der Waals surface area contributed by atoms with Crippen molar-refractivity contribution in [3.05, 3.63) is 29.3 Å². The molecule has 1 amide bonds. The predicted octanol–water partition coefficient (Wildman–Crippen LogP) is 0.513. The van der Waals surface area contributed by atoms with Gasteiger partial charge in [0.2, 0.25) is 10.0 Å². The highest BCUT2D eigenvalue weighted by atomic mass is 32.2. The molecule has 0 radical (unpaired) electrons. The van der Waals surface area contributed by atoms with E-state index in [2.05, 4.69) is 10.0 Å². The maximum absolute atomic E-state index is 12.2. The summed E-state index contributed by atoms with van der Waals surface area (Å²) in [7, 11) is -3.56. The molecule has 1 aromatic carbocycles. The van der Waals surface area contributed by atoms with Gasteiger partial charge in [0.05, 0.1) is 4.90 Å². The van der Waals surface area contributed by atoms with Crippen LogP contribution in [0.3, 0.4) is 0 Å². The molecule has 1 atom stereocenters. The number of aryl methyl sites for hydroxylation is 1. The minimum atomic E-state index is -3.56. The second-order valence-corrected chi connectivity index (χ2v) is 7.20. The van der Waals surface area contributed by atoms with Crippen molar-refractivity contribution < 1.29 is 13.2 Å². The molecule has 1 saturated carbocycles. The Labute approximate surface area is 125 Å². The second kappa shape index (κ2) is 6.13. The largest absolute Gasteiger partial charge is 0.348 e. The number of nitrogens with two attached hydrogens (primary N) is 1. The minimum absolute atomic E-state index is 0.0332. The van der Waals surface area contributed by atoms with E-state index < -0.39 is 10.0 Å². The third-order valence-electron chi connectivity index (χ3n) is 3.39. The Morgan fingerprint density at radius 1 is 1.43 bits per heavy atom. The van der Waals surface area contributed by atoms with Gasteiger partial charge in [-0.2, -0.15) is 0 Å². The van der Waals surface area contributed by atoms with Crippen LogP contribution >= 0.6 is 0 Å². The van der Waals surface area contributed by atoms with Gasteiger partial charge in [0.15, 0.2) is 0 Å². The van der Waals surface area contributed by atoms with Gasteiger partial charge in [0.1, 0.15) is 0 Å². The van der Waals surface area contributed by atoms with E-state index >= 15 is 0 Å². The van der Waals surface area contributed by atoms with E-state index in [1.165, 1.54) is 12.1 Å². The van der Waals surface area contributed by atoms with Gasteiger partial charge in [-0.15, -0.1) is 0 Å². The van der Waals surface area contributed by atoms with E-state index in [1.807, 2.05) is 0 Å². The third kappa shape index (κ3) is 4.03. The maximum Gasteiger partial charge on any atom is 0.251 e. The smallest absolute Gasteiger partial charge is 0.251 e. The summed E-state index contributed by atoms with van der Waals surface area (Å²) in [6.07, 6.45) is 1.74. The molecule has 0 aliphatic heterocycles. The molecule has 4 N–H and O–H groups in total. The highest BCUT2D eigenvalue weighted by molar-refractivity contribution is 7.89. The lowest BCUT2D eigenvalue weighted by molar-refractivity contribution is 0.0940. The molecule has 7 heteroatoms. The Kier molecular flexibility index (Phi) is 4.65. The number of hydrogen-bond acceptors (Lipinski definition) is 4. The maximum atomic E-state index is 12.2. The van der Waals surface area contributed by atoms with E-state index in [1.54, 1.807) is 19.9 Å². The summed E-state index contributed by atoms with van der Waals surface area (Å²) < 4.78 is 27.0. The third-order valence-corrected chi connectivity index (χ3v) is 4.91. The lowest BCUT2D eigenvalue weighted by Crippen LogP contribution is -2.38. The normalized spacial score (nSPS) is 16.5. The lowest BCUT2D eigenvalue weighted by atomic mass is 10.1. The first-order valence-corrected chi connectivity index (χ1v) is 8.45. The van der Waals surface area contributed by atoms with Gasteiger partial charge in [-0.3, -0.25) is 4.79 Å². The molecular weight excluding hydrogens is 290 g/mol. The van der Waals surface area contributed by atoms with Crippen LogP contribution in [0.5, 0.6) is 0 Å². The van der Waals surface area contributed by atoms with Crippen LogP contribution in [0.15, 0.2) is 23.1 Å². The van der Waals surface area contributed by atoms with Crippen LogP contribution in [-0.4, -0.2) is 33.0 Å². The summed E-state index contributed by atoms with van der Waals surface area (Å²) in [6.45, 7) is 3.89. The number of benzene rings is 1. The molecule has 21 heavy (non-hydrogen) atoms. The summed E-state index contributed by atoms with van der Waals surface area (Å²) >= 11 is 0. The number of rotatable bonds is 6. The average molecular weight is 311 g/mol. The Hall–Kier alpha value is -1.44. The topological polar surface area (TPSA) is 101 Å². The van der Waals surface area contributed by atoms with Gasteiger partial charge in [-0.05, 0) is 44.4 Å². The first-order valence-electron chi connectivity index (χ1n) is 6.97. The zero-order chi connectivity index (χ0) is 15.6. The van der Waals surface area contributed by atoms with Gasteiger partial charge >= 0.3 is 0 Å². The summed E-state index contributed by atoms with van der Waals surface area (Å²) in [4.78, 5) is 12.3. The molecule has 2 rings (SSSR count). The molecule has 1 aliphatic rings. The van der Waals surface area contributed by atoms with E-state index in [0.717, 1.165) is 18.4 Å². The van der Waals surface area contributed by atoms with Crippen LogP contribution in [0.4, 0.5) is 0 Å². The number of nitrogens with one attached hydrogen (secondary N) is 2. The highest BCUT2D eigenvalue weighted by Crippen LogP contribution is 2.23. The molecular formula is C14H21N3O3S. The molecule has 1 aliphatic carbocycles. The van der Waals surface area contributed by atoms with Gasteiger partial charge in [0.25, 0.3) is 5.91 Å². The highest BCUT2D eigenvalue weighted by Gasteiger charge is 2.28. The Morgan fingerprint density at radius 2 is 2.10 bits per heavy atom. The molecule has 1 fully saturated rings. The molecule has 0 bridgehead atoms. The second-order valence-electron chi connectivity index (χ2n) is 5.48. The lowest BCUT2D eigenvalue weighted by Gasteiger charge is -2.14. The van der Waals surface area contributed by atoms with Crippen LogP contribution in [-0.2, 0) is 10.0 Å². The predicted molar refractivity (Wildman–Crippen MR) is 80.5 cm³/mol. The molecule has 0 heterocycles. The number of hydrogen-bond donors (Lipinski definition) is 3. The first-order chi connectivity index (χ1) is 9.83. The van der Waals surface area contributed by atoms with Crippen LogP contribution in [0.2, 0.25) is 0 Å². The number of carbonyl (C=O) groups is 1. The molecule has 0 unspecified atom stereocenters. The van der Waals surface area contributed by atoms with Crippen molar-refractivity contribution in [2.45, 2.75) is 43.7 Å². The fourth-order valence-electron chi connectivity index (χ4n) is 1.86. The minimum Gasteiger partial charge on any atom is -0.348 e.